The van der Waals surface area contributed by atoms with Crippen LogP contribution >= 0.6 is 11.6 Å². The number of anilines is 1. The number of hydrogen-bond acceptors (Lipinski definition) is 5. The maximum atomic E-state index is 12.1. The summed E-state index contributed by atoms with van der Waals surface area (Å²) in [6, 6.07) is 7.25. The second-order valence-electron chi connectivity index (χ2n) is 5.82. The van der Waals surface area contributed by atoms with Gasteiger partial charge in [0, 0.05) is 31.7 Å². The number of carbonyl (C=O) groups excluding carboxylic acids is 1. The summed E-state index contributed by atoms with van der Waals surface area (Å²) in [5.74, 6) is -0.0719. The maximum Gasteiger partial charge on any atom is 0.364 e. The van der Waals surface area contributed by atoms with E-state index in [1.165, 1.54) is 9.42 Å². The number of hydrogen-bond donors (Lipinski definition) is 1. The number of amides is 1. The molecule has 2 aromatic heterocycles. The number of halogens is 1. The number of benzene rings is 1. The molecule has 1 aromatic carbocycles. The largest absolute Gasteiger partial charge is 0.364 e. The quantitative estimate of drug-likeness (QED) is 0.757. The van der Waals surface area contributed by atoms with Crippen LogP contribution in [0.25, 0.3) is 16.8 Å². The normalized spacial score (nSPS) is 10.9. The van der Waals surface area contributed by atoms with Gasteiger partial charge >= 0.3 is 5.69 Å². The van der Waals surface area contributed by atoms with Gasteiger partial charge in [-0.3, -0.25) is 4.79 Å². The molecule has 0 atom stereocenters. The molecule has 0 aliphatic heterocycles. The van der Waals surface area contributed by atoms with E-state index in [9.17, 15) is 9.59 Å². The maximum absolute atomic E-state index is 12.1. The fourth-order valence-electron chi connectivity index (χ4n) is 2.49. The molecule has 130 valence electrons. The first-order valence-corrected chi connectivity index (χ1v) is 7.90. The van der Waals surface area contributed by atoms with Crippen molar-refractivity contribution in [3.05, 3.63) is 46.0 Å². The van der Waals surface area contributed by atoms with Crippen LogP contribution in [0.2, 0.25) is 5.02 Å². The van der Waals surface area contributed by atoms with Crippen molar-refractivity contribution in [2.45, 2.75) is 0 Å². The average molecular weight is 361 g/mol. The van der Waals surface area contributed by atoms with E-state index in [1.54, 1.807) is 44.4 Å². The van der Waals surface area contributed by atoms with Crippen LogP contribution in [0.4, 0.5) is 5.69 Å². The molecule has 2 heterocycles. The van der Waals surface area contributed by atoms with Gasteiger partial charge in [-0.2, -0.15) is 9.61 Å². The van der Waals surface area contributed by atoms with Crippen molar-refractivity contribution in [2.75, 3.05) is 32.6 Å². The molecule has 1 N–H and O–H groups in total. The second-order valence-corrected chi connectivity index (χ2v) is 6.26. The number of nitrogens with one attached hydrogen (secondary N) is 1. The van der Waals surface area contributed by atoms with Gasteiger partial charge in [-0.25, -0.2) is 9.89 Å². The third-order valence-electron chi connectivity index (χ3n) is 3.83. The van der Waals surface area contributed by atoms with Crippen molar-refractivity contribution in [3.8, 4) is 11.1 Å². The highest BCUT2D eigenvalue weighted by atomic mass is 35.5. The van der Waals surface area contributed by atoms with E-state index in [0.29, 0.717) is 16.4 Å². The Hall–Kier alpha value is -2.87. The molecule has 0 aliphatic rings. The lowest BCUT2D eigenvalue weighted by Crippen LogP contribution is -2.35. The SMILES string of the molecule is CN(C)C(=O)CN(C)c1c(-c2ccc(Cl)cc2)cnn2c(=O)[nH]nc12. The summed E-state index contributed by atoms with van der Waals surface area (Å²) in [7, 11) is 5.16. The van der Waals surface area contributed by atoms with Crippen LogP contribution in [0.1, 0.15) is 0 Å². The first-order valence-electron chi connectivity index (χ1n) is 7.52. The Labute approximate surface area is 148 Å². The Morgan fingerprint density at radius 3 is 2.56 bits per heavy atom. The van der Waals surface area contributed by atoms with E-state index in [-0.39, 0.29) is 12.5 Å². The minimum atomic E-state index is -0.439. The summed E-state index contributed by atoms with van der Waals surface area (Å²) in [4.78, 5) is 27.2. The van der Waals surface area contributed by atoms with E-state index >= 15 is 0 Å². The summed E-state index contributed by atoms with van der Waals surface area (Å²) in [6.45, 7) is 0.133. The Kier molecular flexibility index (Phi) is 4.45. The molecule has 3 aromatic rings. The molecule has 8 nitrogen and oxygen atoms in total. The number of aromatic amines is 1. The van der Waals surface area contributed by atoms with Gasteiger partial charge in [0.05, 0.1) is 18.4 Å². The molecule has 0 saturated heterocycles. The highest BCUT2D eigenvalue weighted by Gasteiger charge is 2.20. The van der Waals surface area contributed by atoms with E-state index < -0.39 is 5.69 Å². The molecule has 9 heteroatoms. The number of nitrogens with zero attached hydrogens (tertiary/aromatic N) is 5. The van der Waals surface area contributed by atoms with Crippen molar-refractivity contribution < 1.29 is 4.79 Å². The Morgan fingerprint density at radius 1 is 1.24 bits per heavy atom. The standard InChI is InChI=1S/C16H17ClN6O2/c1-21(2)13(24)9-22(3)14-12(10-4-6-11(17)7-5-10)8-18-23-15(14)19-20-16(23)25/h4-8H,9H2,1-3H3,(H,20,25). The van der Waals surface area contributed by atoms with E-state index in [4.69, 9.17) is 11.6 Å². The molecular formula is C16H17ClN6O2. The number of H-pyrrole nitrogens is 1. The summed E-state index contributed by atoms with van der Waals surface area (Å²) in [5, 5.41) is 11.2. The molecular weight excluding hydrogens is 344 g/mol. The zero-order chi connectivity index (χ0) is 18.1. The highest BCUT2D eigenvalue weighted by Crippen LogP contribution is 2.32. The Balaban J connectivity index is 2.18. The number of rotatable bonds is 4. The van der Waals surface area contributed by atoms with Crippen LogP contribution in [-0.2, 0) is 4.79 Å². The van der Waals surface area contributed by atoms with Crippen molar-refractivity contribution in [2.24, 2.45) is 0 Å². The monoisotopic (exact) mass is 360 g/mol. The molecule has 0 unspecified atom stereocenters. The zero-order valence-corrected chi connectivity index (χ0v) is 14.8. The number of carbonyl (C=O) groups is 1. The lowest BCUT2D eigenvalue weighted by molar-refractivity contribution is -0.127. The van der Waals surface area contributed by atoms with Gasteiger partial charge < -0.3 is 9.80 Å². The second kappa shape index (κ2) is 6.56. The van der Waals surface area contributed by atoms with Gasteiger partial charge in [0.15, 0.2) is 0 Å². The smallest absolute Gasteiger partial charge is 0.362 e. The van der Waals surface area contributed by atoms with Gasteiger partial charge in [-0.1, -0.05) is 23.7 Å². The van der Waals surface area contributed by atoms with Crippen LogP contribution in [0.3, 0.4) is 0 Å². The minimum absolute atomic E-state index is 0.0719. The Morgan fingerprint density at radius 2 is 1.92 bits per heavy atom. The van der Waals surface area contributed by atoms with Gasteiger partial charge in [-0.05, 0) is 17.7 Å². The third-order valence-corrected chi connectivity index (χ3v) is 4.08. The van der Waals surface area contributed by atoms with Crippen LogP contribution in [0, 0.1) is 0 Å². The van der Waals surface area contributed by atoms with Crippen LogP contribution in [0.5, 0.6) is 0 Å². The fourth-order valence-corrected chi connectivity index (χ4v) is 2.62. The van der Waals surface area contributed by atoms with E-state index in [0.717, 1.165) is 11.1 Å². The number of likely N-dealkylation sites (N-methyl/N-ethyl adjacent to an activating group) is 2. The number of fused-ring (bicyclic) bond motifs is 1. The lowest BCUT2D eigenvalue weighted by atomic mass is 10.1. The molecule has 0 spiro atoms. The zero-order valence-electron chi connectivity index (χ0n) is 14.0. The lowest BCUT2D eigenvalue weighted by Gasteiger charge is -2.23. The number of aromatic nitrogens is 4. The minimum Gasteiger partial charge on any atom is -0.362 e. The molecule has 0 radical (unpaired) electrons. The summed E-state index contributed by atoms with van der Waals surface area (Å²) < 4.78 is 1.17. The molecule has 3 rings (SSSR count). The topological polar surface area (TPSA) is 86.6 Å². The molecule has 0 bridgehead atoms. The summed E-state index contributed by atoms with van der Waals surface area (Å²) in [6.07, 6.45) is 1.58. The van der Waals surface area contributed by atoms with Crippen molar-refractivity contribution >= 4 is 28.8 Å². The first-order chi connectivity index (χ1) is 11.9. The van der Waals surface area contributed by atoms with E-state index in [1.807, 2.05) is 12.1 Å². The van der Waals surface area contributed by atoms with Crippen LogP contribution in [0.15, 0.2) is 35.3 Å². The Bertz CT molecular complexity index is 976. The van der Waals surface area contributed by atoms with Gasteiger partial charge in [0.25, 0.3) is 0 Å². The molecule has 0 aliphatic carbocycles. The molecule has 0 saturated carbocycles. The van der Waals surface area contributed by atoms with Crippen LogP contribution in [-0.4, -0.2) is 58.3 Å². The van der Waals surface area contributed by atoms with Gasteiger partial charge in [0.1, 0.15) is 0 Å². The van der Waals surface area contributed by atoms with Crippen molar-refractivity contribution in [1.82, 2.24) is 24.7 Å². The van der Waals surface area contributed by atoms with Gasteiger partial charge in [-0.15, -0.1) is 5.10 Å². The molecule has 25 heavy (non-hydrogen) atoms. The van der Waals surface area contributed by atoms with Crippen molar-refractivity contribution in [3.63, 3.8) is 0 Å². The van der Waals surface area contributed by atoms with Crippen molar-refractivity contribution in [1.29, 1.82) is 0 Å². The molecule has 0 fully saturated rings. The highest BCUT2D eigenvalue weighted by molar-refractivity contribution is 6.30. The summed E-state index contributed by atoms with van der Waals surface area (Å²) in [5.41, 5.74) is 2.15. The summed E-state index contributed by atoms with van der Waals surface area (Å²) >= 11 is 5.96. The molecule has 1 amide bonds. The fraction of sp³-hybridized carbons (Fsp3) is 0.250. The first kappa shape index (κ1) is 17.0. The predicted molar refractivity (Wildman–Crippen MR) is 96.0 cm³/mol. The van der Waals surface area contributed by atoms with Gasteiger partial charge in [0.2, 0.25) is 11.6 Å². The third kappa shape index (κ3) is 3.20. The van der Waals surface area contributed by atoms with E-state index in [2.05, 4.69) is 15.3 Å². The van der Waals surface area contributed by atoms with Crippen LogP contribution < -0.4 is 10.6 Å². The average Bonchev–Trinajstić information content (AvgIpc) is 2.95. The predicted octanol–water partition coefficient (Wildman–Crippen LogP) is 1.26.